The van der Waals surface area contributed by atoms with Crippen molar-refractivity contribution in [2.45, 2.75) is 25.6 Å². The standard InChI is InChI=1S/C12H15BrFNO/c13-11-3-1-2-9(12(11)14)8-16-10-4-6-15-7-5-10/h1-3,10,15H,4-8H2. The topological polar surface area (TPSA) is 21.3 Å². The van der Waals surface area contributed by atoms with E-state index in [0.29, 0.717) is 16.6 Å². The lowest BCUT2D eigenvalue weighted by Crippen LogP contribution is -2.32. The van der Waals surface area contributed by atoms with E-state index in [9.17, 15) is 4.39 Å². The molecule has 0 aromatic heterocycles. The predicted octanol–water partition coefficient (Wildman–Crippen LogP) is 2.86. The van der Waals surface area contributed by atoms with Crippen LogP contribution in [0.2, 0.25) is 0 Å². The first-order valence-electron chi connectivity index (χ1n) is 5.52. The zero-order valence-corrected chi connectivity index (χ0v) is 10.6. The fourth-order valence-electron chi connectivity index (χ4n) is 1.83. The fourth-order valence-corrected chi connectivity index (χ4v) is 2.24. The molecule has 0 aliphatic carbocycles. The summed E-state index contributed by atoms with van der Waals surface area (Å²) in [5, 5.41) is 3.27. The molecule has 0 saturated carbocycles. The van der Waals surface area contributed by atoms with Crippen LogP contribution in [0.4, 0.5) is 4.39 Å². The summed E-state index contributed by atoms with van der Waals surface area (Å²) in [5.74, 6) is -0.212. The van der Waals surface area contributed by atoms with Crippen LogP contribution in [-0.2, 0) is 11.3 Å². The average molecular weight is 288 g/mol. The number of benzene rings is 1. The Hall–Kier alpha value is -0.450. The molecule has 2 nitrogen and oxygen atoms in total. The number of ether oxygens (including phenoxy) is 1. The summed E-state index contributed by atoms with van der Waals surface area (Å²) < 4.78 is 19.8. The Balaban J connectivity index is 1.91. The molecule has 1 N–H and O–H groups in total. The maximum Gasteiger partial charge on any atom is 0.142 e. The summed E-state index contributed by atoms with van der Waals surface area (Å²) in [6.45, 7) is 2.34. The van der Waals surface area contributed by atoms with Gasteiger partial charge in [-0.1, -0.05) is 12.1 Å². The van der Waals surface area contributed by atoms with Crippen molar-refractivity contribution in [2.24, 2.45) is 0 Å². The first-order valence-corrected chi connectivity index (χ1v) is 6.32. The van der Waals surface area contributed by atoms with E-state index >= 15 is 0 Å². The Bertz CT molecular complexity index is 353. The number of piperidine rings is 1. The third kappa shape index (κ3) is 3.03. The highest BCUT2D eigenvalue weighted by Crippen LogP contribution is 2.20. The second kappa shape index (κ2) is 5.75. The van der Waals surface area contributed by atoms with E-state index in [4.69, 9.17) is 4.74 Å². The van der Waals surface area contributed by atoms with Crippen molar-refractivity contribution in [2.75, 3.05) is 13.1 Å². The smallest absolute Gasteiger partial charge is 0.142 e. The number of halogens is 2. The van der Waals surface area contributed by atoms with E-state index < -0.39 is 0 Å². The summed E-state index contributed by atoms with van der Waals surface area (Å²) in [6.07, 6.45) is 2.28. The van der Waals surface area contributed by atoms with Gasteiger partial charge in [0, 0.05) is 5.56 Å². The van der Waals surface area contributed by atoms with Gasteiger partial charge in [0.2, 0.25) is 0 Å². The highest BCUT2D eigenvalue weighted by Gasteiger charge is 2.14. The number of nitrogens with one attached hydrogen (secondary N) is 1. The van der Waals surface area contributed by atoms with Crippen molar-refractivity contribution >= 4 is 15.9 Å². The molecule has 0 atom stereocenters. The minimum Gasteiger partial charge on any atom is -0.373 e. The van der Waals surface area contributed by atoms with E-state index in [1.807, 2.05) is 6.07 Å². The molecule has 16 heavy (non-hydrogen) atoms. The molecule has 0 spiro atoms. The quantitative estimate of drug-likeness (QED) is 0.923. The van der Waals surface area contributed by atoms with Crippen molar-refractivity contribution in [3.8, 4) is 0 Å². The molecule has 1 saturated heterocycles. The number of hydrogen-bond acceptors (Lipinski definition) is 2. The predicted molar refractivity (Wildman–Crippen MR) is 64.8 cm³/mol. The van der Waals surface area contributed by atoms with E-state index in [1.165, 1.54) is 0 Å². The molecule has 1 aliphatic heterocycles. The Morgan fingerprint density at radius 1 is 1.38 bits per heavy atom. The molecule has 1 aromatic carbocycles. The van der Waals surface area contributed by atoms with E-state index in [1.54, 1.807) is 12.1 Å². The minimum atomic E-state index is -0.212. The lowest BCUT2D eigenvalue weighted by Gasteiger charge is -2.23. The molecule has 1 fully saturated rings. The second-order valence-electron chi connectivity index (χ2n) is 3.97. The van der Waals surface area contributed by atoms with E-state index in [0.717, 1.165) is 25.9 Å². The van der Waals surface area contributed by atoms with Crippen LogP contribution >= 0.6 is 15.9 Å². The molecule has 88 valence electrons. The SMILES string of the molecule is Fc1c(Br)cccc1COC1CCNCC1. The maximum absolute atomic E-state index is 13.6. The zero-order valence-electron chi connectivity index (χ0n) is 9.01. The Morgan fingerprint density at radius 3 is 2.88 bits per heavy atom. The summed E-state index contributed by atoms with van der Waals surface area (Å²) >= 11 is 3.17. The van der Waals surface area contributed by atoms with Gasteiger partial charge in [-0.15, -0.1) is 0 Å². The van der Waals surface area contributed by atoms with Gasteiger partial charge in [0.15, 0.2) is 0 Å². The first kappa shape index (κ1) is 12.0. The molecule has 2 rings (SSSR count). The number of hydrogen-bond donors (Lipinski definition) is 1. The van der Waals surface area contributed by atoms with Gasteiger partial charge in [0.05, 0.1) is 17.2 Å². The van der Waals surface area contributed by atoms with Gasteiger partial charge in [0.1, 0.15) is 5.82 Å². The average Bonchev–Trinajstić information content (AvgIpc) is 2.32. The van der Waals surface area contributed by atoms with Crippen LogP contribution in [0.15, 0.2) is 22.7 Å². The Labute approximate surface area is 103 Å². The molecule has 0 unspecified atom stereocenters. The molecular formula is C12H15BrFNO. The van der Waals surface area contributed by atoms with Crippen LogP contribution in [0.1, 0.15) is 18.4 Å². The maximum atomic E-state index is 13.6. The van der Waals surface area contributed by atoms with Crippen molar-refractivity contribution in [1.82, 2.24) is 5.32 Å². The third-order valence-corrected chi connectivity index (χ3v) is 3.40. The van der Waals surface area contributed by atoms with Gasteiger partial charge in [-0.3, -0.25) is 0 Å². The molecule has 0 bridgehead atoms. The van der Waals surface area contributed by atoms with Crippen molar-refractivity contribution in [3.63, 3.8) is 0 Å². The highest BCUT2D eigenvalue weighted by molar-refractivity contribution is 9.10. The molecular weight excluding hydrogens is 273 g/mol. The van der Waals surface area contributed by atoms with Gasteiger partial charge in [-0.25, -0.2) is 4.39 Å². The number of rotatable bonds is 3. The third-order valence-electron chi connectivity index (χ3n) is 2.79. The van der Waals surface area contributed by atoms with Crippen molar-refractivity contribution in [1.29, 1.82) is 0 Å². The van der Waals surface area contributed by atoms with Crippen LogP contribution in [0, 0.1) is 5.82 Å². The van der Waals surface area contributed by atoms with Crippen LogP contribution in [0.25, 0.3) is 0 Å². The van der Waals surface area contributed by atoms with Gasteiger partial charge in [-0.2, -0.15) is 0 Å². The summed E-state index contributed by atoms with van der Waals surface area (Å²) in [6, 6.07) is 5.29. The largest absolute Gasteiger partial charge is 0.373 e. The summed E-state index contributed by atoms with van der Waals surface area (Å²) in [5.41, 5.74) is 0.618. The summed E-state index contributed by atoms with van der Waals surface area (Å²) in [7, 11) is 0. The molecule has 1 aromatic rings. The van der Waals surface area contributed by atoms with Gasteiger partial charge in [0.25, 0.3) is 0 Å². The van der Waals surface area contributed by atoms with E-state index in [-0.39, 0.29) is 11.9 Å². The molecule has 1 aliphatic rings. The lowest BCUT2D eigenvalue weighted by atomic mass is 10.1. The molecule has 0 amide bonds. The van der Waals surface area contributed by atoms with Gasteiger partial charge in [-0.05, 0) is 47.9 Å². The molecule has 1 heterocycles. The molecule has 4 heteroatoms. The van der Waals surface area contributed by atoms with Crippen LogP contribution in [0.5, 0.6) is 0 Å². The first-order chi connectivity index (χ1) is 7.77. The zero-order chi connectivity index (χ0) is 11.4. The van der Waals surface area contributed by atoms with Crippen LogP contribution in [-0.4, -0.2) is 19.2 Å². The summed E-state index contributed by atoms with van der Waals surface area (Å²) in [4.78, 5) is 0. The van der Waals surface area contributed by atoms with E-state index in [2.05, 4.69) is 21.2 Å². The van der Waals surface area contributed by atoms with Crippen molar-refractivity contribution < 1.29 is 9.13 Å². The Kier molecular flexibility index (Phi) is 4.32. The normalized spacial score (nSPS) is 17.6. The minimum absolute atomic E-state index is 0.212. The van der Waals surface area contributed by atoms with Crippen molar-refractivity contribution in [3.05, 3.63) is 34.1 Å². The molecule has 0 radical (unpaired) electrons. The van der Waals surface area contributed by atoms with Crippen LogP contribution in [0.3, 0.4) is 0 Å². The fraction of sp³-hybridized carbons (Fsp3) is 0.500. The lowest BCUT2D eigenvalue weighted by molar-refractivity contribution is 0.0199. The van der Waals surface area contributed by atoms with Crippen LogP contribution < -0.4 is 5.32 Å². The van der Waals surface area contributed by atoms with Gasteiger partial charge >= 0.3 is 0 Å². The monoisotopic (exact) mass is 287 g/mol. The second-order valence-corrected chi connectivity index (χ2v) is 4.83. The Morgan fingerprint density at radius 2 is 2.12 bits per heavy atom. The highest BCUT2D eigenvalue weighted by atomic mass is 79.9. The van der Waals surface area contributed by atoms with Gasteiger partial charge < -0.3 is 10.1 Å².